The number of aromatic nitrogens is 1. The van der Waals surface area contributed by atoms with Crippen molar-refractivity contribution in [2.45, 2.75) is 13.8 Å². The first-order chi connectivity index (χ1) is 8.97. The minimum Gasteiger partial charge on any atom is -0.320 e. The largest absolute Gasteiger partial charge is 0.320 e. The maximum absolute atomic E-state index is 12.2. The van der Waals surface area contributed by atoms with E-state index in [1.54, 1.807) is 19.1 Å². The minimum atomic E-state index is -0.178. The lowest BCUT2D eigenvalue weighted by molar-refractivity contribution is 0.102. The van der Waals surface area contributed by atoms with Crippen LogP contribution in [0.4, 0.5) is 5.69 Å². The number of nitrogens with zero attached hydrogens (tertiary/aromatic N) is 1. The Morgan fingerprint density at radius 1 is 1.26 bits per heavy atom. The summed E-state index contributed by atoms with van der Waals surface area (Å²) in [5.41, 5.74) is 2.96. The van der Waals surface area contributed by atoms with Gasteiger partial charge in [0, 0.05) is 4.47 Å². The summed E-state index contributed by atoms with van der Waals surface area (Å²) in [7, 11) is 0. The molecule has 0 unspecified atom stereocenters. The van der Waals surface area contributed by atoms with Gasteiger partial charge in [0.15, 0.2) is 0 Å². The summed E-state index contributed by atoms with van der Waals surface area (Å²) in [6.07, 6.45) is 0. The predicted molar refractivity (Wildman–Crippen MR) is 80.8 cm³/mol. The Labute approximate surface area is 125 Å². The van der Waals surface area contributed by atoms with E-state index in [9.17, 15) is 4.79 Å². The van der Waals surface area contributed by atoms with Gasteiger partial charge in [0.2, 0.25) is 0 Å². The molecule has 0 aliphatic rings. The molecule has 0 saturated heterocycles. The maximum atomic E-state index is 12.2. The number of hydrogen-bond acceptors (Lipinski definition) is 2. The van der Waals surface area contributed by atoms with Crippen LogP contribution < -0.4 is 5.32 Å². The summed E-state index contributed by atoms with van der Waals surface area (Å²) in [5.74, 6) is -0.178. The van der Waals surface area contributed by atoms with Crippen molar-refractivity contribution in [2.24, 2.45) is 0 Å². The lowest BCUT2D eigenvalue weighted by Crippen LogP contribution is -2.14. The molecular formula is C14H12BrClN2O. The summed E-state index contributed by atoms with van der Waals surface area (Å²) in [4.78, 5) is 16.3. The number of hydrogen-bond donors (Lipinski definition) is 1. The highest BCUT2D eigenvalue weighted by Crippen LogP contribution is 2.21. The molecule has 1 N–H and O–H groups in total. The summed E-state index contributed by atoms with van der Waals surface area (Å²) in [5, 5.41) is 3.24. The Morgan fingerprint density at radius 3 is 2.68 bits per heavy atom. The molecule has 0 aliphatic heterocycles. The van der Waals surface area contributed by atoms with Gasteiger partial charge in [-0.15, -0.1) is 0 Å². The molecule has 0 spiro atoms. The lowest BCUT2D eigenvalue weighted by atomic mass is 10.1. The van der Waals surface area contributed by atoms with Crippen molar-refractivity contribution >= 4 is 39.1 Å². The highest BCUT2D eigenvalue weighted by atomic mass is 79.9. The maximum Gasteiger partial charge on any atom is 0.256 e. The van der Waals surface area contributed by atoms with Crippen LogP contribution in [0.1, 0.15) is 21.6 Å². The number of benzene rings is 1. The van der Waals surface area contributed by atoms with Crippen LogP contribution in [0, 0.1) is 13.8 Å². The molecule has 0 fully saturated rings. The fraction of sp³-hybridized carbons (Fsp3) is 0.143. The van der Waals surface area contributed by atoms with Crippen LogP contribution in [-0.2, 0) is 0 Å². The van der Waals surface area contributed by atoms with E-state index in [2.05, 4.69) is 26.2 Å². The second-order valence-electron chi connectivity index (χ2n) is 4.20. The minimum absolute atomic E-state index is 0.178. The van der Waals surface area contributed by atoms with E-state index >= 15 is 0 Å². The normalized spacial score (nSPS) is 10.3. The Bertz CT molecular complexity index is 643. The number of carbonyl (C=O) groups excluding carboxylic acids is 1. The van der Waals surface area contributed by atoms with Crippen molar-refractivity contribution in [1.29, 1.82) is 0 Å². The molecule has 1 aromatic heterocycles. The van der Waals surface area contributed by atoms with E-state index in [0.29, 0.717) is 22.1 Å². The van der Waals surface area contributed by atoms with Gasteiger partial charge in [0.05, 0.1) is 16.9 Å². The van der Waals surface area contributed by atoms with E-state index in [4.69, 9.17) is 11.6 Å². The fourth-order valence-electron chi connectivity index (χ4n) is 1.67. The van der Waals surface area contributed by atoms with Gasteiger partial charge >= 0.3 is 0 Å². The molecule has 5 heteroatoms. The third-order valence-electron chi connectivity index (χ3n) is 2.67. The molecule has 3 nitrogen and oxygen atoms in total. The van der Waals surface area contributed by atoms with Crippen molar-refractivity contribution in [3.8, 4) is 0 Å². The monoisotopic (exact) mass is 338 g/mol. The number of carbonyl (C=O) groups is 1. The van der Waals surface area contributed by atoms with E-state index < -0.39 is 0 Å². The molecule has 98 valence electrons. The van der Waals surface area contributed by atoms with Crippen LogP contribution in [0.15, 0.2) is 34.8 Å². The van der Waals surface area contributed by atoms with Crippen molar-refractivity contribution < 1.29 is 4.79 Å². The van der Waals surface area contributed by atoms with Crippen LogP contribution in [0.2, 0.25) is 5.15 Å². The van der Waals surface area contributed by atoms with E-state index in [0.717, 1.165) is 10.0 Å². The van der Waals surface area contributed by atoms with Crippen LogP contribution in [-0.4, -0.2) is 10.9 Å². The average molecular weight is 340 g/mol. The standard InChI is InChI=1S/C14H12BrClN2O/c1-8-3-4-11(15)10(7-8)14(19)18-12-5-6-13(16)17-9(12)2/h3-7H,1-2H3,(H,18,19). The quantitative estimate of drug-likeness (QED) is 0.826. The van der Waals surface area contributed by atoms with Crippen LogP contribution in [0.25, 0.3) is 0 Å². The number of anilines is 1. The van der Waals surface area contributed by atoms with Crippen molar-refractivity contribution in [3.63, 3.8) is 0 Å². The highest BCUT2D eigenvalue weighted by molar-refractivity contribution is 9.10. The number of amides is 1. The first-order valence-electron chi connectivity index (χ1n) is 5.68. The second-order valence-corrected chi connectivity index (χ2v) is 5.45. The average Bonchev–Trinajstić information content (AvgIpc) is 2.35. The molecule has 0 atom stereocenters. The Kier molecular flexibility index (Phi) is 4.22. The smallest absolute Gasteiger partial charge is 0.256 e. The summed E-state index contributed by atoms with van der Waals surface area (Å²) < 4.78 is 0.759. The molecule has 19 heavy (non-hydrogen) atoms. The van der Waals surface area contributed by atoms with Gasteiger partial charge in [0.1, 0.15) is 5.15 Å². The second kappa shape index (κ2) is 5.72. The lowest BCUT2D eigenvalue weighted by Gasteiger charge is -2.09. The number of halogens is 2. The molecule has 1 amide bonds. The van der Waals surface area contributed by atoms with Crippen molar-refractivity contribution in [2.75, 3.05) is 5.32 Å². The van der Waals surface area contributed by atoms with Gasteiger partial charge < -0.3 is 5.32 Å². The molecular weight excluding hydrogens is 328 g/mol. The summed E-state index contributed by atoms with van der Waals surface area (Å²) in [6, 6.07) is 9.02. The van der Waals surface area contributed by atoms with E-state index in [-0.39, 0.29) is 5.91 Å². The predicted octanol–water partition coefficient (Wildman–Crippen LogP) is 4.37. The van der Waals surface area contributed by atoms with Crippen molar-refractivity contribution in [3.05, 3.63) is 56.8 Å². The highest BCUT2D eigenvalue weighted by Gasteiger charge is 2.12. The molecule has 0 saturated carbocycles. The number of pyridine rings is 1. The topological polar surface area (TPSA) is 42.0 Å². The third kappa shape index (κ3) is 3.33. The number of aryl methyl sites for hydroxylation is 2. The zero-order chi connectivity index (χ0) is 14.0. The first-order valence-corrected chi connectivity index (χ1v) is 6.85. The molecule has 1 aromatic carbocycles. The van der Waals surface area contributed by atoms with Gasteiger partial charge in [-0.2, -0.15) is 0 Å². The van der Waals surface area contributed by atoms with Gasteiger partial charge in [-0.25, -0.2) is 4.98 Å². The van der Waals surface area contributed by atoms with Gasteiger partial charge in [-0.05, 0) is 54.0 Å². The third-order valence-corrected chi connectivity index (χ3v) is 3.57. The fourth-order valence-corrected chi connectivity index (χ4v) is 2.28. The summed E-state index contributed by atoms with van der Waals surface area (Å²) in [6.45, 7) is 3.74. The molecule has 2 aromatic rings. The van der Waals surface area contributed by atoms with E-state index in [1.165, 1.54) is 0 Å². The van der Waals surface area contributed by atoms with Gasteiger partial charge in [0.25, 0.3) is 5.91 Å². The Balaban J connectivity index is 2.28. The number of nitrogens with one attached hydrogen (secondary N) is 1. The van der Waals surface area contributed by atoms with Crippen LogP contribution in [0.5, 0.6) is 0 Å². The molecule has 0 bridgehead atoms. The molecule has 0 radical (unpaired) electrons. The SMILES string of the molecule is Cc1ccc(Br)c(C(=O)Nc2ccc(Cl)nc2C)c1. The van der Waals surface area contributed by atoms with Gasteiger partial charge in [-0.3, -0.25) is 4.79 Å². The first kappa shape index (κ1) is 14.0. The summed E-state index contributed by atoms with van der Waals surface area (Å²) >= 11 is 9.16. The molecule has 1 heterocycles. The number of rotatable bonds is 2. The van der Waals surface area contributed by atoms with E-state index in [1.807, 2.05) is 25.1 Å². The van der Waals surface area contributed by atoms with Gasteiger partial charge in [-0.1, -0.05) is 23.2 Å². The van der Waals surface area contributed by atoms with Crippen LogP contribution >= 0.6 is 27.5 Å². The zero-order valence-corrected chi connectivity index (χ0v) is 12.8. The molecule has 2 rings (SSSR count). The Hall–Kier alpha value is -1.39. The molecule has 0 aliphatic carbocycles. The van der Waals surface area contributed by atoms with Crippen molar-refractivity contribution in [1.82, 2.24) is 4.98 Å². The van der Waals surface area contributed by atoms with Crippen LogP contribution in [0.3, 0.4) is 0 Å². The zero-order valence-electron chi connectivity index (χ0n) is 10.5. The Morgan fingerprint density at radius 2 is 2.00 bits per heavy atom.